The molecule has 0 unspecified atom stereocenters. The van der Waals surface area contributed by atoms with Crippen LogP contribution in [0, 0.1) is 13.8 Å². The van der Waals surface area contributed by atoms with Crippen LogP contribution in [0.15, 0.2) is 67.1 Å². The smallest absolute Gasteiger partial charge is 0.137 e. The second kappa shape index (κ2) is 10.2. The van der Waals surface area contributed by atoms with Crippen molar-refractivity contribution in [3.8, 4) is 33.5 Å². The molecular weight excluding hydrogens is 502 g/mol. The third kappa shape index (κ3) is 4.76. The number of aromatic amines is 1. The highest BCUT2D eigenvalue weighted by molar-refractivity contribution is 5.96. The van der Waals surface area contributed by atoms with E-state index < -0.39 is 0 Å². The number of benzene rings is 2. The first-order chi connectivity index (χ1) is 19.9. The molecule has 5 nitrogen and oxygen atoms in total. The second-order valence-corrected chi connectivity index (χ2v) is 12.5. The molecule has 208 valence electrons. The van der Waals surface area contributed by atoms with Crippen molar-refractivity contribution in [3.63, 3.8) is 0 Å². The lowest BCUT2D eigenvalue weighted by Gasteiger charge is -2.41. The van der Waals surface area contributed by atoms with Crippen LogP contribution in [-0.2, 0) is 12.8 Å². The van der Waals surface area contributed by atoms with Gasteiger partial charge in [-0.3, -0.25) is 9.88 Å². The van der Waals surface area contributed by atoms with Crippen LogP contribution in [0.25, 0.3) is 44.5 Å². The predicted octanol–water partition coefficient (Wildman–Crippen LogP) is 8.09. The molecule has 7 rings (SSSR count). The average molecular weight is 542 g/mol. The molecular formula is C36H39N5. The highest BCUT2D eigenvalue weighted by atomic mass is 15.2. The van der Waals surface area contributed by atoms with Gasteiger partial charge in [-0.15, -0.1) is 0 Å². The zero-order valence-electron chi connectivity index (χ0n) is 24.7. The third-order valence-corrected chi connectivity index (χ3v) is 9.73. The van der Waals surface area contributed by atoms with Crippen molar-refractivity contribution in [2.45, 2.75) is 77.8 Å². The summed E-state index contributed by atoms with van der Waals surface area (Å²) in [6.45, 7) is 10.2. The topological polar surface area (TPSA) is 57.7 Å². The van der Waals surface area contributed by atoms with Crippen LogP contribution in [0.3, 0.4) is 0 Å². The second-order valence-electron chi connectivity index (χ2n) is 12.5. The molecule has 5 aromatic rings. The van der Waals surface area contributed by atoms with Crippen molar-refractivity contribution in [1.29, 1.82) is 0 Å². The molecule has 2 aromatic carbocycles. The van der Waals surface area contributed by atoms with Crippen LogP contribution >= 0.6 is 0 Å². The van der Waals surface area contributed by atoms with Crippen molar-refractivity contribution in [3.05, 3.63) is 89.6 Å². The Morgan fingerprint density at radius 2 is 1.61 bits per heavy atom. The average Bonchev–Trinajstić information content (AvgIpc) is 3.58. The Balaban J connectivity index is 1.17. The normalized spacial score (nSPS) is 21.2. The molecule has 1 aliphatic heterocycles. The van der Waals surface area contributed by atoms with E-state index in [2.05, 4.69) is 83.4 Å². The molecule has 0 amide bonds. The Bertz CT molecular complexity index is 1730. The van der Waals surface area contributed by atoms with Crippen LogP contribution in [0.5, 0.6) is 0 Å². The van der Waals surface area contributed by atoms with Crippen LogP contribution in [0.1, 0.15) is 62.0 Å². The highest BCUT2D eigenvalue weighted by Gasteiger charge is 2.38. The molecule has 1 N–H and O–H groups in total. The number of aryl methyl sites for hydroxylation is 4. The number of H-pyrrole nitrogens is 1. The molecule has 0 saturated carbocycles. The first-order valence-corrected chi connectivity index (χ1v) is 15.2. The molecule has 1 fully saturated rings. The molecule has 0 bridgehead atoms. The number of fused-ring (bicyclic) bond motifs is 2. The van der Waals surface area contributed by atoms with E-state index in [4.69, 9.17) is 9.97 Å². The highest BCUT2D eigenvalue weighted by Crippen LogP contribution is 2.38. The molecule has 2 atom stereocenters. The maximum Gasteiger partial charge on any atom is 0.137 e. The third-order valence-electron chi connectivity index (χ3n) is 9.73. The van der Waals surface area contributed by atoms with Gasteiger partial charge in [0.25, 0.3) is 0 Å². The summed E-state index contributed by atoms with van der Waals surface area (Å²) >= 11 is 0. The van der Waals surface area contributed by atoms with Gasteiger partial charge in [-0.25, -0.2) is 9.97 Å². The number of likely N-dealkylation sites (tertiary alicyclic amines) is 1. The minimum absolute atomic E-state index is 0.301. The van der Waals surface area contributed by atoms with Crippen LogP contribution in [-0.4, -0.2) is 43.0 Å². The number of pyridine rings is 1. The summed E-state index contributed by atoms with van der Waals surface area (Å²) in [5, 5.41) is 1.15. The van der Waals surface area contributed by atoms with Gasteiger partial charge in [0, 0.05) is 52.2 Å². The molecule has 4 heterocycles. The largest absolute Gasteiger partial charge is 0.346 e. The van der Waals surface area contributed by atoms with Crippen molar-refractivity contribution in [1.82, 2.24) is 24.8 Å². The molecule has 3 aromatic heterocycles. The standard InChI is InChI=1S/C36H39N5/c1-23-20-37-25(3)34(40-23)28-10-8-27(9-11-28)33-22-39-35-32(33)19-31(21-38-35)29-12-7-26-13-15-36(4,16-14-30(26)18-29)41-17-5-6-24(41)2/h7-12,18-22,24H,5-6,13-17H2,1-4H3,(H,38,39)/t24-,36+/m1/s1. The lowest BCUT2D eigenvalue weighted by Crippen LogP contribution is -2.48. The van der Waals surface area contributed by atoms with Gasteiger partial charge in [0.05, 0.1) is 17.1 Å². The van der Waals surface area contributed by atoms with E-state index in [-0.39, 0.29) is 0 Å². The van der Waals surface area contributed by atoms with E-state index in [1.807, 2.05) is 26.2 Å². The summed E-state index contributed by atoms with van der Waals surface area (Å²) in [6.07, 6.45) is 13.4. The summed E-state index contributed by atoms with van der Waals surface area (Å²) < 4.78 is 0. The Hall–Kier alpha value is -3.83. The van der Waals surface area contributed by atoms with E-state index in [0.29, 0.717) is 11.6 Å². The molecule has 41 heavy (non-hydrogen) atoms. The quantitative estimate of drug-likeness (QED) is 0.234. The number of hydrogen-bond acceptors (Lipinski definition) is 4. The van der Waals surface area contributed by atoms with E-state index in [0.717, 1.165) is 52.1 Å². The zero-order valence-corrected chi connectivity index (χ0v) is 24.7. The molecule has 0 radical (unpaired) electrons. The zero-order chi connectivity index (χ0) is 28.1. The maximum atomic E-state index is 4.82. The van der Waals surface area contributed by atoms with Crippen molar-refractivity contribution in [2.75, 3.05) is 6.54 Å². The predicted molar refractivity (Wildman–Crippen MR) is 168 cm³/mol. The molecule has 2 aliphatic rings. The Morgan fingerprint density at radius 3 is 2.39 bits per heavy atom. The molecule has 0 spiro atoms. The molecule has 5 heteroatoms. The van der Waals surface area contributed by atoms with E-state index in [1.165, 1.54) is 60.0 Å². The molecule has 1 saturated heterocycles. The minimum Gasteiger partial charge on any atom is -0.346 e. The lowest BCUT2D eigenvalue weighted by molar-refractivity contribution is 0.0821. The lowest BCUT2D eigenvalue weighted by atomic mass is 9.89. The van der Waals surface area contributed by atoms with Crippen molar-refractivity contribution < 1.29 is 0 Å². The maximum absolute atomic E-state index is 4.82. The Morgan fingerprint density at radius 1 is 0.854 bits per heavy atom. The fraction of sp³-hybridized carbons (Fsp3) is 0.361. The Labute approximate surface area is 243 Å². The van der Waals surface area contributed by atoms with Gasteiger partial charge in [-0.1, -0.05) is 42.5 Å². The number of rotatable bonds is 4. The van der Waals surface area contributed by atoms with Crippen LogP contribution < -0.4 is 0 Å². The Kier molecular flexibility index (Phi) is 6.50. The number of aromatic nitrogens is 4. The monoisotopic (exact) mass is 541 g/mol. The van der Waals surface area contributed by atoms with E-state index in [9.17, 15) is 0 Å². The fourth-order valence-electron chi connectivity index (χ4n) is 7.26. The fourth-order valence-corrected chi connectivity index (χ4v) is 7.26. The van der Waals surface area contributed by atoms with Gasteiger partial charge in [0.2, 0.25) is 0 Å². The summed E-state index contributed by atoms with van der Waals surface area (Å²) in [5.74, 6) is 0. The first-order valence-electron chi connectivity index (χ1n) is 15.2. The number of hydrogen-bond donors (Lipinski definition) is 1. The minimum atomic E-state index is 0.301. The van der Waals surface area contributed by atoms with Gasteiger partial charge in [-0.05, 0) is 101 Å². The summed E-state index contributed by atoms with van der Waals surface area (Å²) in [4.78, 5) is 20.2. The van der Waals surface area contributed by atoms with Crippen LogP contribution in [0.4, 0.5) is 0 Å². The van der Waals surface area contributed by atoms with E-state index >= 15 is 0 Å². The first kappa shape index (κ1) is 26.1. The SMILES string of the molecule is Cc1cnc(C)c(-c2ccc(-c3c[nH]c4ncc(-c5ccc6c(c5)CC[C@@](C)(N5CCC[C@H]5C)CC6)cc34)cc2)n1. The summed E-state index contributed by atoms with van der Waals surface area (Å²) in [6, 6.07) is 18.8. The van der Waals surface area contributed by atoms with Crippen molar-refractivity contribution in [2.24, 2.45) is 0 Å². The van der Waals surface area contributed by atoms with Gasteiger partial charge < -0.3 is 4.98 Å². The van der Waals surface area contributed by atoms with Gasteiger partial charge in [0.1, 0.15) is 5.65 Å². The van der Waals surface area contributed by atoms with Gasteiger partial charge >= 0.3 is 0 Å². The summed E-state index contributed by atoms with van der Waals surface area (Å²) in [5.41, 5.74) is 12.9. The number of nitrogens with one attached hydrogen (secondary N) is 1. The van der Waals surface area contributed by atoms with E-state index in [1.54, 1.807) is 0 Å². The summed E-state index contributed by atoms with van der Waals surface area (Å²) in [7, 11) is 0. The van der Waals surface area contributed by atoms with Crippen LogP contribution in [0.2, 0.25) is 0 Å². The molecule has 1 aliphatic carbocycles. The van der Waals surface area contributed by atoms with Gasteiger partial charge in [-0.2, -0.15) is 0 Å². The van der Waals surface area contributed by atoms with Gasteiger partial charge in [0.15, 0.2) is 0 Å². The number of nitrogens with zero attached hydrogens (tertiary/aromatic N) is 4. The van der Waals surface area contributed by atoms with Crippen molar-refractivity contribution >= 4 is 11.0 Å².